The van der Waals surface area contributed by atoms with Crippen molar-refractivity contribution >= 4 is 21.8 Å². The summed E-state index contributed by atoms with van der Waals surface area (Å²) in [6, 6.07) is 11.9. The van der Waals surface area contributed by atoms with Crippen molar-refractivity contribution in [2.45, 2.75) is 26.2 Å². The van der Waals surface area contributed by atoms with Crippen molar-refractivity contribution in [1.82, 2.24) is 5.32 Å². The van der Waals surface area contributed by atoms with Crippen LogP contribution in [0, 0.1) is 5.82 Å². The first-order valence-corrected chi connectivity index (χ1v) is 8.25. The molecular weight excluding hydrogens is 377 g/mol. The number of nitrogens with one attached hydrogen (secondary N) is 1. The van der Waals surface area contributed by atoms with Crippen LogP contribution in [0.2, 0.25) is 0 Å². The second-order valence-corrected chi connectivity index (χ2v) is 6.16. The average molecular weight is 396 g/mol. The minimum atomic E-state index is -0.700. The normalized spacial score (nSPS) is 11.8. The van der Waals surface area contributed by atoms with Gasteiger partial charge in [-0.15, -0.1) is 0 Å². The lowest BCUT2D eigenvalue weighted by atomic mass is 10.1. The Labute approximate surface area is 149 Å². The van der Waals surface area contributed by atoms with E-state index in [1.807, 2.05) is 24.3 Å². The fourth-order valence-corrected chi connectivity index (χ4v) is 2.59. The van der Waals surface area contributed by atoms with Gasteiger partial charge in [-0.1, -0.05) is 24.3 Å². The van der Waals surface area contributed by atoms with Crippen molar-refractivity contribution in [2.75, 3.05) is 7.11 Å². The molecule has 1 atom stereocenters. The van der Waals surface area contributed by atoms with E-state index in [0.717, 1.165) is 11.1 Å². The second kappa shape index (κ2) is 8.80. The van der Waals surface area contributed by atoms with Gasteiger partial charge in [0.2, 0.25) is 0 Å². The molecule has 0 aliphatic carbocycles. The molecule has 0 heterocycles. The Morgan fingerprint density at radius 3 is 2.71 bits per heavy atom. The largest absolute Gasteiger partial charge is 0.480 e. The molecule has 128 valence electrons. The predicted molar refractivity (Wildman–Crippen MR) is 93.2 cm³/mol. The number of rotatable bonds is 7. The molecule has 0 unspecified atom stereocenters. The number of hydrogen-bond donors (Lipinski definition) is 1. The van der Waals surface area contributed by atoms with E-state index < -0.39 is 6.10 Å². The minimum absolute atomic E-state index is 0.247. The lowest BCUT2D eigenvalue weighted by Crippen LogP contribution is -2.36. The molecule has 2 rings (SSSR count). The third-order valence-corrected chi connectivity index (χ3v) is 3.96. The first kappa shape index (κ1) is 18.4. The number of halogens is 2. The average Bonchev–Trinajstić information content (AvgIpc) is 2.56. The van der Waals surface area contributed by atoms with Crippen LogP contribution in [-0.2, 0) is 22.7 Å². The van der Waals surface area contributed by atoms with Crippen molar-refractivity contribution in [1.29, 1.82) is 0 Å². The highest BCUT2D eigenvalue weighted by Gasteiger charge is 2.16. The Balaban J connectivity index is 1.90. The molecule has 0 aliphatic rings. The summed E-state index contributed by atoms with van der Waals surface area (Å²) in [5.74, 6) is -0.202. The Morgan fingerprint density at radius 1 is 1.25 bits per heavy atom. The molecule has 2 aromatic rings. The monoisotopic (exact) mass is 395 g/mol. The molecule has 0 aliphatic heterocycles. The Hall–Kier alpha value is -1.92. The number of amides is 1. The summed E-state index contributed by atoms with van der Waals surface area (Å²) in [5, 5.41) is 2.83. The summed E-state index contributed by atoms with van der Waals surface area (Å²) in [6.07, 6.45) is -0.700. The van der Waals surface area contributed by atoms with Crippen molar-refractivity contribution in [3.8, 4) is 5.75 Å². The summed E-state index contributed by atoms with van der Waals surface area (Å²) in [5.41, 5.74) is 2.02. The maximum atomic E-state index is 13.1. The molecule has 1 amide bonds. The highest BCUT2D eigenvalue weighted by atomic mass is 79.9. The smallest absolute Gasteiger partial charge is 0.261 e. The van der Waals surface area contributed by atoms with E-state index in [-0.39, 0.29) is 11.7 Å². The summed E-state index contributed by atoms with van der Waals surface area (Å²) in [6.45, 7) is 2.57. The van der Waals surface area contributed by atoms with Crippen LogP contribution in [0.3, 0.4) is 0 Å². The summed E-state index contributed by atoms with van der Waals surface area (Å²) >= 11 is 3.21. The molecular formula is C18H19BrFNO3. The molecule has 6 heteroatoms. The van der Waals surface area contributed by atoms with Crippen LogP contribution in [0.1, 0.15) is 18.1 Å². The van der Waals surface area contributed by atoms with E-state index >= 15 is 0 Å². The van der Waals surface area contributed by atoms with E-state index in [1.165, 1.54) is 18.2 Å². The van der Waals surface area contributed by atoms with Gasteiger partial charge in [0.15, 0.2) is 6.10 Å². The van der Waals surface area contributed by atoms with Crippen LogP contribution in [0.4, 0.5) is 4.39 Å². The van der Waals surface area contributed by atoms with E-state index in [9.17, 15) is 9.18 Å². The van der Waals surface area contributed by atoms with Gasteiger partial charge in [-0.25, -0.2) is 4.39 Å². The van der Waals surface area contributed by atoms with Crippen molar-refractivity contribution in [3.63, 3.8) is 0 Å². The van der Waals surface area contributed by atoms with Crippen molar-refractivity contribution in [3.05, 3.63) is 63.9 Å². The first-order valence-electron chi connectivity index (χ1n) is 7.45. The molecule has 0 saturated carbocycles. The number of carbonyl (C=O) groups is 1. The van der Waals surface area contributed by atoms with Crippen LogP contribution in [0.25, 0.3) is 0 Å². The van der Waals surface area contributed by atoms with E-state index in [4.69, 9.17) is 9.47 Å². The van der Waals surface area contributed by atoms with E-state index in [2.05, 4.69) is 21.2 Å². The number of hydrogen-bond acceptors (Lipinski definition) is 3. The fraction of sp³-hybridized carbons (Fsp3) is 0.278. The van der Waals surface area contributed by atoms with E-state index in [1.54, 1.807) is 14.0 Å². The molecule has 0 spiro atoms. The van der Waals surface area contributed by atoms with Gasteiger partial charge in [0.25, 0.3) is 5.91 Å². The van der Waals surface area contributed by atoms with Crippen molar-refractivity contribution < 1.29 is 18.7 Å². The highest BCUT2D eigenvalue weighted by Crippen LogP contribution is 2.26. The number of methoxy groups -OCH3 is 1. The topological polar surface area (TPSA) is 47.6 Å². The van der Waals surface area contributed by atoms with Gasteiger partial charge in [0, 0.05) is 13.7 Å². The molecule has 0 radical (unpaired) electrons. The standard InChI is InChI=1S/C18H19BrFNO3/c1-12(24-17-7-6-15(20)9-16(17)19)18(22)21-10-13-4-3-5-14(8-13)11-23-2/h3-9,12H,10-11H2,1-2H3,(H,21,22)/t12-/m0/s1. The zero-order valence-corrected chi connectivity index (χ0v) is 15.1. The molecule has 2 aromatic carbocycles. The minimum Gasteiger partial charge on any atom is -0.480 e. The number of benzene rings is 2. The number of ether oxygens (including phenoxy) is 2. The zero-order chi connectivity index (χ0) is 17.5. The van der Waals surface area contributed by atoms with Gasteiger partial charge >= 0.3 is 0 Å². The third kappa shape index (κ3) is 5.32. The highest BCUT2D eigenvalue weighted by molar-refractivity contribution is 9.10. The van der Waals surface area contributed by atoms with Gasteiger partial charge in [-0.2, -0.15) is 0 Å². The van der Waals surface area contributed by atoms with Crippen LogP contribution in [-0.4, -0.2) is 19.1 Å². The third-order valence-electron chi connectivity index (χ3n) is 3.34. The van der Waals surface area contributed by atoms with Gasteiger partial charge < -0.3 is 14.8 Å². The molecule has 4 nitrogen and oxygen atoms in total. The van der Waals surface area contributed by atoms with Gasteiger partial charge in [0.1, 0.15) is 11.6 Å². The molecule has 0 saturated heterocycles. The van der Waals surface area contributed by atoms with Crippen LogP contribution in [0.5, 0.6) is 5.75 Å². The van der Waals surface area contributed by atoms with E-state index in [0.29, 0.717) is 23.4 Å². The first-order chi connectivity index (χ1) is 11.5. The maximum Gasteiger partial charge on any atom is 0.261 e. The zero-order valence-electron chi connectivity index (χ0n) is 13.5. The maximum absolute atomic E-state index is 13.1. The molecule has 0 bridgehead atoms. The van der Waals surface area contributed by atoms with Gasteiger partial charge in [0.05, 0.1) is 11.1 Å². The summed E-state index contributed by atoms with van der Waals surface area (Å²) in [7, 11) is 1.64. The lowest BCUT2D eigenvalue weighted by molar-refractivity contribution is -0.127. The Kier molecular flexibility index (Phi) is 6.75. The summed E-state index contributed by atoms with van der Waals surface area (Å²) < 4.78 is 24.2. The molecule has 0 fully saturated rings. The number of carbonyl (C=O) groups excluding carboxylic acids is 1. The molecule has 1 N–H and O–H groups in total. The SMILES string of the molecule is COCc1cccc(CNC(=O)[C@H](C)Oc2ccc(F)cc2Br)c1. The Morgan fingerprint density at radius 2 is 2.00 bits per heavy atom. The van der Waals surface area contributed by atoms with Crippen LogP contribution in [0.15, 0.2) is 46.9 Å². The van der Waals surface area contributed by atoms with Gasteiger partial charge in [-0.3, -0.25) is 4.79 Å². The summed E-state index contributed by atoms with van der Waals surface area (Å²) in [4.78, 5) is 12.2. The Bertz CT molecular complexity index is 708. The van der Waals surface area contributed by atoms with Crippen molar-refractivity contribution in [2.24, 2.45) is 0 Å². The second-order valence-electron chi connectivity index (χ2n) is 5.31. The lowest BCUT2D eigenvalue weighted by Gasteiger charge is -2.16. The van der Waals surface area contributed by atoms with Crippen LogP contribution >= 0.6 is 15.9 Å². The fourth-order valence-electron chi connectivity index (χ4n) is 2.14. The molecule has 0 aromatic heterocycles. The van der Waals surface area contributed by atoms with Gasteiger partial charge in [-0.05, 0) is 52.2 Å². The predicted octanol–water partition coefficient (Wildman–Crippen LogP) is 3.82. The quantitative estimate of drug-likeness (QED) is 0.774. The molecule has 24 heavy (non-hydrogen) atoms. The van der Waals surface area contributed by atoms with Crippen LogP contribution < -0.4 is 10.1 Å².